The average Bonchev–Trinajstić information content (AvgIpc) is 3.32. The van der Waals surface area contributed by atoms with Gasteiger partial charge in [-0.2, -0.15) is 4.98 Å². The molecule has 35 heavy (non-hydrogen) atoms. The molecular formula is C24H32N6O4S. The Balaban J connectivity index is 1.58. The highest BCUT2D eigenvalue weighted by Gasteiger charge is 2.29. The summed E-state index contributed by atoms with van der Waals surface area (Å²) < 4.78 is 36.9. The SMILES string of the molecule is CCOc1cc(-c2nc(C3CCN(S(C)(=O)=O)CC3)cc(N3CCOCC3C)n2)c2cc[nH]c2n1. The standard InChI is InChI=1S/C24H32N6O4S/c1-4-34-22-13-19(18-5-8-25-23(18)28-22)24-26-20(17-6-9-29(10-7-17)35(3,31)32)14-21(27-24)30-11-12-33-15-16(30)2/h5,8,13-14,16-17H,4,6-7,9-12,15H2,1-3H3,(H,25,28). The van der Waals surface area contributed by atoms with Crippen LogP contribution in [0.5, 0.6) is 5.88 Å². The van der Waals surface area contributed by atoms with Crippen molar-refractivity contribution in [1.82, 2.24) is 24.2 Å². The topological polar surface area (TPSA) is 114 Å². The second-order valence-electron chi connectivity index (χ2n) is 9.21. The lowest BCUT2D eigenvalue weighted by Gasteiger charge is -2.35. The predicted molar refractivity (Wildman–Crippen MR) is 134 cm³/mol. The summed E-state index contributed by atoms with van der Waals surface area (Å²) in [5.74, 6) is 2.16. The van der Waals surface area contributed by atoms with Crippen LogP contribution in [0.1, 0.15) is 38.3 Å². The molecule has 188 valence electrons. The van der Waals surface area contributed by atoms with Crippen molar-refractivity contribution in [1.29, 1.82) is 0 Å². The van der Waals surface area contributed by atoms with Gasteiger partial charge in [-0.1, -0.05) is 0 Å². The summed E-state index contributed by atoms with van der Waals surface area (Å²) in [6.45, 7) is 7.62. The summed E-state index contributed by atoms with van der Waals surface area (Å²) in [5, 5.41) is 0.929. The number of H-pyrrole nitrogens is 1. The first-order valence-electron chi connectivity index (χ1n) is 12.1. The van der Waals surface area contributed by atoms with E-state index < -0.39 is 10.0 Å². The Hall–Kier alpha value is -2.76. The number of pyridine rings is 1. The summed E-state index contributed by atoms with van der Waals surface area (Å²) in [6.07, 6.45) is 4.58. The van der Waals surface area contributed by atoms with E-state index in [4.69, 9.17) is 19.4 Å². The van der Waals surface area contributed by atoms with Gasteiger partial charge in [-0.05, 0) is 32.8 Å². The number of hydrogen-bond donors (Lipinski definition) is 1. The fraction of sp³-hybridized carbons (Fsp3) is 0.542. The first kappa shape index (κ1) is 24.0. The van der Waals surface area contributed by atoms with Crippen molar-refractivity contribution >= 4 is 26.9 Å². The molecule has 5 rings (SSSR count). The molecular weight excluding hydrogens is 468 g/mol. The minimum Gasteiger partial charge on any atom is -0.478 e. The summed E-state index contributed by atoms with van der Waals surface area (Å²) in [4.78, 5) is 20.0. The molecule has 1 unspecified atom stereocenters. The second kappa shape index (κ2) is 9.71. The summed E-state index contributed by atoms with van der Waals surface area (Å²) >= 11 is 0. The summed E-state index contributed by atoms with van der Waals surface area (Å²) in [6, 6.07) is 6.14. The summed E-state index contributed by atoms with van der Waals surface area (Å²) in [5.41, 5.74) is 2.52. The van der Waals surface area contributed by atoms with E-state index in [2.05, 4.69) is 27.9 Å². The monoisotopic (exact) mass is 500 g/mol. The lowest BCUT2D eigenvalue weighted by molar-refractivity contribution is 0.0985. The molecule has 2 aliphatic heterocycles. The van der Waals surface area contributed by atoms with Crippen LogP contribution in [-0.2, 0) is 14.8 Å². The number of ether oxygens (including phenoxy) is 2. The van der Waals surface area contributed by atoms with Gasteiger partial charge >= 0.3 is 0 Å². The molecule has 2 saturated heterocycles. The van der Waals surface area contributed by atoms with Crippen molar-refractivity contribution in [3.8, 4) is 17.3 Å². The number of nitrogens with one attached hydrogen (secondary N) is 1. The van der Waals surface area contributed by atoms with Crippen molar-refractivity contribution in [3.63, 3.8) is 0 Å². The zero-order valence-corrected chi connectivity index (χ0v) is 21.2. The molecule has 10 nitrogen and oxygen atoms in total. The van der Waals surface area contributed by atoms with Gasteiger partial charge in [0.25, 0.3) is 0 Å². The van der Waals surface area contributed by atoms with Gasteiger partial charge < -0.3 is 19.4 Å². The van der Waals surface area contributed by atoms with E-state index >= 15 is 0 Å². The largest absolute Gasteiger partial charge is 0.478 e. The molecule has 11 heteroatoms. The molecule has 3 aromatic rings. The zero-order valence-electron chi connectivity index (χ0n) is 20.4. The highest BCUT2D eigenvalue weighted by Crippen LogP contribution is 2.34. The fourth-order valence-electron chi connectivity index (χ4n) is 4.90. The highest BCUT2D eigenvalue weighted by molar-refractivity contribution is 7.88. The molecule has 0 radical (unpaired) electrons. The minimum absolute atomic E-state index is 0.153. The van der Waals surface area contributed by atoms with Crippen LogP contribution in [-0.4, -0.2) is 84.4 Å². The maximum absolute atomic E-state index is 12.0. The first-order chi connectivity index (χ1) is 16.8. The van der Waals surface area contributed by atoms with Crippen molar-refractivity contribution in [2.45, 2.75) is 38.6 Å². The molecule has 5 heterocycles. The molecule has 1 atom stereocenters. The quantitative estimate of drug-likeness (QED) is 0.550. The lowest BCUT2D eigenvalue weighted by atomic mass is 9.94. The predicted octanol–water partition coefficient (Wildman–Crippen LogP) is 2.78. The molecule has 0 aromatic carbocycles. The van der Waals surface area contributed by atoms with E-state index in [1.807, 2.05) is 25.3 Å². The third-order valence-corrected chi connectivity index (χ3v) is 8.08. The molecule has 0 amide bonds. The number of anilines is 1. The van der Waals surface area contributed by atoms with E-state index in [0.29, 0.717) is 44.6 Å². The van der Waals surface area contributed by atoms with Gasteiger partial charge in [0.15, 0.2) is 5.82 Å². The van der Waals surface area contributed by atoms with Crippen molar-refractivity contribution in [2.24, 2.45) is 0 Å². The van der Waals surface area contributed by atoms with Crippen LogP contribution in [0, 0.1) is 0 Å². The van der Waals surface area contributed by atoms with Gasteiger partial charge in [0.2, 0.25) is 15.9 Å². The Morgan fingerprint density at radius 2 is 1.97 bits per heavy atom. The van der Waals surface area contributed by atoms with Crippen LogP contribution < -0.4 is 9.64 Å². The van der Waals surface area contributed by atoms with Crippen LogP contribution in [0.4, 0.5) is 5.82 Å². The molecule has 0 bridgehead atoms. The first-order valence-corrected chi connectivity index (χ1v) is 14.0. The zero-order chi connectivity index (χ0) is 24.6. The molecule has 2 aliphatic rings. The van der Waals surface area contributed by atoms with Crippen LogP contribution in [0.3, 0.4) is 0 Å². The van der Waals surface area contributed by atoms with Crippen LogP contribution >= 0.6 is 0 Å². The normalized spacial score (nSPS) is 20.4. The average molecular weight is 501 g/mol. The van der Waals surface area contributed by atoms with Crippen molar-refractivity contribution in [2.75, 3.05) is 50.6 Å². The Labute approximate surface area is 205 Å². The number of nitrogens with zero attached hydrogens (tertiary/aromatic N) is 5. The Morgan fingerprint density at radius 3 is 2.69 bits per heavy atom. The molecule has 0 aliphatic carbocycles. The van der Waals surface area contributed by atoms with Gasteiger partial charge in [-0.15, -0.1) is 0 Å². The molecule has 1 N–H and O–H groups in total. The molecule has 2 fully saturated rings. The number of fused-ring (bicyclic) bond motifs is 1. The Kier molecular flexibility index (Phi) is 6.65. The lowest BCUT2D eigenvalue weighted by Crippen LogP contribution is -2.44. The number of morpholine rings is 1. The number of piperidine rings is 1. The molecule has 0 saturated carbocycles. The fourth-order valence-corrected chi connectivity index (χ4v) is 5.78. The van der Waals surface area contributed by atoms with Crippen LogP contribution in [0.15, 0.2) is 24.4 Å². The minimum atomic E-state index is -3.19. The Morgan fingerprint density at radius 1 is 1.17 bits per heavy atom. The third-order valence-electron chi connectivity index (χ3n) is 6.77. The third kappa shape index (κ3) is 4.98. The molecule has 0 spiro atoms. The number of rotatable bonds is 6. The van der Waals surface area contributed by atoms with E-state index in [1.165, 1.54) is 6.26 Å². The van der Waals surface area contributed by atoms with E-state index in [1.54, 1.807) is 4.31 Å². The number of aromatic amines is 1. The van der Waals surface area contributed by atoms with Gasteiger partial charge in [0.1, 0.15) is 11.5 Å². The van der Waals surface area contributed by atoms with Gasteiger partial charge in [0, 0.05) is 60.5 Å². The van der Waals surface area contributed by atoms with Gasteiger partial charge in [-0.3, -0.25) is 0 Å². The van der Waals surface area contributed by atoms with E-state index in [9.17, 15) is 8.42 Å². The maximum atomic E-state index is 12.0. The number of sulfonamides is 1. The smallest absolute Gasteiger partial charge is 0.215 e. The van der Waals surface area contributed by atoms with E-state index in [-0.39, 0.29) is 12.0 Å². The van der Waals surface area contributed by atoms with Crippen LogP contribution in [0.25, 0.3) is 22.4 Å². The van der Waals surface area contributed by atoms with E-state index in [0.717, 1.165) is 47.5 Å². The van der Waals surface area contributed by atoms with Gasteiger partial charge in [-0.25, -0.2) is 22.7 Å². The Bertz CT molecular complexity index is 1300. The number of aromatic nitrogens is 4. The van der Waals surface area contributed by atoms with Crippen LogP contribution in [0.2, 0.25) is 0 Å². The summed E-state index contributed by atoms with van der Waals surface area (Å²) in [7, 11) is -3.19. The van der Waals surface area contributed by atoms with Crippen molar-refractivity contribution in [3.05, 3.63) is 30.1 Å². The maximum Gasteiger partial charge on any atom is 0.215 e. The van der Waals surface area contributed by atoms with Crippen molar-refractivity contribution < 1.29 is 17.9 Å². The highest BCUT2D eigenvalue weighted by atomic mass is 32.2. The van der Waals surface area contributed by atoms with Gasteiger partial charge in [0.05, 0.1) is 32.1 Å². The number of hydrogen-bond acceptors (Lipinski definition) is 8. The molecule has 3 aromatic heterocycles. The second-order valence-corrected chi connectivity index (χ2v) is 11.2.